The first-order valence-electron chi connectivity index (χ1n) is 10.7. The van der Waals surface area contributed by atoms with E-state index in [1.54, 1.807) is 17.1 Å². The van der Waals surface area contributed by atoms with Gasteiger partial charge in [-0.05, 0) is 30.3 Å². The minimum atomic E-state index is -4.51. The third-order valence-electron chi connectivity index (χ3n) is 6.11. The Bertz CT molecular complexity index is 1260. The first-order valence-corrected chi connectivity index (χ1v) is 10.7. The molecule has 0 spiro atoms. The van der Waals surface area contributed by atoms with Crippen molar-refractivity contribution in [3.8, 4) is 17.2 Å². The van der Waals surface area contributed by atoms with Crippen LogP contribution in [0.15, 0.2) is 71.8 Å². The molecule has 8 heteroatoms. The van der Waals surface area contributed by atoms with Crippen molar-refractivity contribution < 1.29 is 27.4 Å². The number of nitrogens with zero attached hydrogens (tertiary/aromatic N) is 2. The number of rotatable bonds is 2. The van der Waals surface area contributed by atoms with Crippen LogP contribution in [0.4, 0.5) is 13.2 Å². The molecule has 3 aromatic carbocycles. The maximum absolute atomic E-state index is 13.8. The largest absolute Gasteiger partial charge is 0.486 e. The number of alkyl halides is 3. The molecule has 0 aliphatic carbocycles. The van der Waals surface area contributed by atoms with Crippen molar-refractivity contribution >= 4 is 5.71 Å². The molecule has 3 aliphatic heterocycles. The zero-order valence-corrected chi connectivity index (χ0v) is 17.4. The summed E-state index contributed by atoms with van der Waals surface area (Å²) in [7, 11) is 0. The van der Waals surface area contributed by atoms with Crippen LogP contribution in [0.1, 0.15) is 40.9 Å². The summed E-state index contributed by atoms with van der Waals surface area (Å²) in [5.74, 6) is 1.88. The molecule has 33 heavy (non-hydrogen) atoms. The fourth-order valence-corrected chi connectivity index (χ4v) is 4.61. The van der Waals surface area contributed by atoms with Gasteiger partial charge in [0.2, 0.25) is 6.23 Å². The summed E-state index contributed by atoms with van der Waals surface area (Å²) >= 11 is 0. The molecular formula is C25H19F3N2O3. The van der Waals surface area contributed by atoms with Gasteiger partial charge in [-0.2, -0.15) is 18.3 Å². The van der Waals surface area contributed by atoms with Gasteiger partial charge in [0.1, 0.15) is 19.0 Å². The summed E-state index contributed by atoms with van der Waals surface area (Å²) < 4.78 is 58.8. The number of benzene rings is 3. The van der Waals surface area contributed by atoms with Crippen LogP contribution in [0.5, 0.6) is 17.2 Å². The topological polar surface area (TPSA) is 43.3 Å². The van der Waals surface area contributed by atoms with E-state index in [0.29, 0.717) is 36.9 Å². The Labute approximate surface area is 188 Å². The van der Waals surface area contributed by atoms with Gasteiger partial charge in [-0.15, -0.1) is 0 Å². The van der Waals surface area contributed by atoms with E-state index in [1.807, 2.05) is 36.4 Å². The van der Waals surface area contributed by atoms with Gasteiger partial charge in [0, 0.05) is 23.1 Å². The normalized spacial score (nSPS) is 21.1. The average molecular weight is 452 g/mol. The molecule has 5 nitrogen and oxygen atoms in total. The van der Waals surface area contributed by atoms with Gasteiger partial charge in [-0.1, -0.05) is 36.4 Å². The minimum absolute atomic E-state index is 0.0386. The van der Waals surface area contributed by atoms with Crippen LogP contribution in [0.2, 0.25) is 0 Å². The van der Waals surface area contributed by atoms with E-state index in [-0.39, 0.29) is 11.6 Å². The highest BCUT2D eigenvalue weighted by Crippen LogP contribution is 2.49. The van der Waals surface area contributed by atoms with Crippen molar-refractivity contribution in [1.29, 1.82) is 0 Å². The lowest BCUT2D eigenvalue weighted by Crippen LogP contribution is -2.35. The summed E-state index contributed by atoms with van der Waals surface area (Å²) in [6.45, 7) is 0.965. The summed E-state index contributed by atoms with van der Waals surface area (Å²) in [6, 6.07) is 18.3. The fraction of sp³-hybridized carbons (Fsp3) is 0.240. The van der Waals surface area contributed by atoms with Crippen molar-refractivity contribution in [3.05, 3.63) is 89.0 Å². The highest BCUT2D eigenvalue weighted by atomic mass is 19.4. The Morgan fingerprint density at radius 3 is 2.36 bits per heavy atom. The lowest BCUT2D eigenvalue weighted by atomic mass is 9.95. The van der Waals surface area contributed by atoms with Crippen molar-refractivity contribution in [3.63, 3.8) is 0 Å². The van der Waals surface area contributed by atoms with Crippen LogP contribution in [0.25, 0.3) is 0 Å². The molecule has 168 valence electrons. The van der Waals surface area contributed by atoms with Gasteiger partial charge in [0.25, 0.3) is 0 Å². The fourth-order valence-electron chi connectivity index (χ4n) is 4.61. The highest BCUT2D eigenvalue weighted by Gasteiger charge is 2.44. The van der Waals surface area contributed by atoms with Gasteiger partial charge < -0.3 is 14.2 Å². The molecule has 2 atom stereocenters. The first-order chi connectivity index (χ1) is 16.0. The monoisotopic (exact) mass is 452 g/mol. The first kappa shape index (κ1) is 20.0. The number of halogens is 3. The molecule has 3 aliphatic rings. The minimum Gasteiger partial charge on any atom is -0.486 e. The molecule has 3 heterocycles. The van der Waals surface area contributed by atoms with Crippen molar-refractivity contribution in [2.24, 2.45) is 5.10 Å². The second-order valence-electron chi connectivity index (χ2n) is 8.10. The molecule has 0 unspecified atom stereocenters. The predicted molar refractivity (Wildman–Crippen MR) is 114 cm³/mol. The Morgan fingerprint density at radius 2 is 1.55 bits per heavy atom. The molecular weight excluding hydrogens is 433 g/mol. The maximum atomic E-state index is 13.8. The lowest BCUT2D eigenvalue weighted by Gasteiger charge is -2.38. The highest BCUT2D eigenvalue weighted by molar-refractivity contribution is 6.02. The molecule has 0 amide bonds. The van der Waals surface area contributed by atoms with E-state index < -0.39 is 18.0 Å². The summed E-state index contributed by atoms with van der Waals surface area (Å²) in [5, 5.41) is 6.42. The molecule has 6 rings (SSSR count). The van der Waals surface area contributed by atoms with Crippen LogP contribution in [-0.2, 0) is 6.18 Å². The lowest BCUT2D eigenvalue weighted by molar-refractivity contribution is -0.140. The third-order valence-corrected chi connectivity index (χ3v) is 6.11. The molecule has 0 aromatic heterocycles. The van der Waals surface area contributed by atoms with Gasteiger partial charge >= 0.3 is 6.18 Å². The van der Waals surface area contributed by atoms with Crippen molar-refractivity contribution in [1.82, 2.24) is 5.01 Å². The summed E-state index contributed by atoms with van der Waals surface area (Å²) in [4.78, 5) is 0. The van der Waals surface area contributed by atoms with E-state index in [4.69, 9.17) is 19.3 Å². The van der Waals surface area contributed by atoms with E-state index in [2.05, 4.69) is 0 Å². The zero-order chi connectivity index (χ0) is 22.6. The quantitative estimate of drug-likeness (QED) is 0.499. The van der Waals surface area contributed by atoms with Crippen LogP contribution in [0.3, 0.4) is 0 Å². The van der Waals surface area contributed by atoms with Crippen molar-refractivity contribution in [2.75, 3.05) is 13.2 Å². The molecule has 0 N–H and O–H groups in total. The van der Waals surface area contributed by atoms with E-state index >= 15 is 0 Å². The standard InChI is InChI=1S/C25H19F3N2O3/c26-25(27,28)18-7-3-1-5-16(18)24-30-20(17-6-2-4-8-21(17)33-24)14-19(29-30)15-9-10-22-23(13-15)32-12-11-31-22/h1-10,13,20,24H,11-12,14H2/t20-,24+/m1/s1. The van der Waals surface area contributed by atoms with Crippen LogP contribution >= 0.6 is 0 Å². The van der Waals surface area contributed by atoms with Crippen LogP contribution in [0, 0.1) is 0 Å². The number of ether oxygens (including phenoxy) is 3. The third kappa shape index (κ3) is 3.37. The predicted octanol–water partition coefficient (Wildman–Crippen LogP) is 5.72. The number of para-hydroxylation sites is 1. The van der Waals surface area contributed by atoms with E-state index in [0.717, 1.165) is 22.9 Å². The average Bonchev–Trinajstić information content (AvgIpc) is 3.28. The van der Waals surface area contributed by atoms with Gasteiger partial charge in [-0.25, -0.2) is 5.01 Å². The molecule has 0 fully saturated rings. The maximum Gasteiger partial charge on any atom is 0.416 e. The molecule has 0 saturated heterocycles. The summed E-state index contributed by atoms with van der Waals surface area (Å²) in [5.41, 5.74) is 1.81. The second kappa shape index (κ2) is 7.43. The molecule has 0 saturated carbocycles. The number of hydrogen-bond donors (Lipinski definition) is 0. The van der Waals surface area contributed by atoms with Gasteiger partial charge in [0.15, 0.2) is 11.5 Å². The Hall–Kier alpha value is -3.68. The van der Waals surface area contributed by atoms with E-state index in [9.17, 15) is 13.2 Å². The van der Waals surface area contributed by atoms with Crippen LogP contribution < -0.4 is 14.2 Å². The van der Waals surface area contributed by atoms with Crippen LogP contribution in [-0.4, -0.2) is 23.9 Å². The van der Waals surface area contributed by atoms with E-state index in [1.165, 1.54) is 12.1 Å². The molecule has 0 radical (unpaired) electrons. The zero-order valence-electron chi connectivity index (χ0n) is 17.4. The van der Waals surface area contributed by atoms with Gasteiger partial charge in [-0.3, -0.25) is 0 Å². The Balaban J connectivity index is 1.45. The number of hydrazone groups is 1. The Morgan fingerprint density at radius 1 is 0.818 bits per heavy atom. The Kier molecular flexibility index (Phi) is 4.50. The van der Waals surface area contributed by atoms with Gasteiger partial charge in [0.05, 0.1) is 17.3 Å². The molecule has 3 aromatic rings. The summed E-state index contributed by atoms with van der Waals surface area (Å²) in [6.07, 6.45) is -4.98. The van der Waals surface area contributed by atoms with Crippen molar-refractivity contribution in [2.45, 2.75) is 24.9 Å². The number of hydrogen-bond acceptors (Lipinski definition) is 5. The smallest absolute Gasteiger partial charge is 0.416 e. The number of fused-ring (bicyclic) bond motifs is 4. The second-order valence-corrected chi connectivity index (χ2v) is 8.10. The SMILES string of the molecule is FC(F)(F)c1ccccc1[C@@H]1Oc2ccccc2[C@H]2CC(c3ccc4c(c3)OCCO4)=NN21. The molecule has 0 bridgehead atoms.